The molecule has 3 rings (SSSR count). The summed E-state index contributed by atoms with van der Waals surface area (Å²) in [5.74, 6) is 0.00485. The number of fused-ring (bicyclic) bond motifs is 3. The van der Waals surface area contributed by atoms with Crippen LogP contribution in [0.25, 0.3) is 21.8 Å². The predicted octanol–water partition coefficient (Wildman–Crippen LogP) is 1.36. The van der Waals surface area contributed by atoms with Crippen LogP contribution in [0.2, 0.25) is 0 Å². The average molecular weight is 273 g/mol. The molecule has 0 amide bonds. The van der Waals surface area contributed by atoms with Gasteiger partial charge in [0.15, 0.2) is 0 Å². The van der Waals surface area contributed by atoms with Crippen molar-refractivity contribution in [3.63, 3.8) is 0 Å². The minimum atomic E-state index is -0.119. The van der Waals surface area contributed by atoms with Crippen molar-refractivity contribution in [2.24, 2.45) is 0 Å². The van der Waals surface area contributed by atoms with Crippen LogP contribution in [-0.2, 0) is 6.54 Å². The first-order valence-electron chi connectivity index (χ1n) is 6.16. The van der Waals surface area contributed by atoms with Gasteiger partial charge in [-0.15, -0.1) is 0 Å². The molecule has 0 saturated heterocycles. The number of anilines is 2. The Morgan fingerprint density at radius 2 is 1.30 bits per heavy atom. The number of aliphatic hydroxyl groups is 1. The predicted molar refractivity (Wildman–Crippen MR) is 78.7 cm³/mol. The van der Waals surface area contributed by atoms with Crippen LogP contribution in [0, 0.1) is 0 Å². The molecule has 0 radical (unpaired) electrons. The second-order valence-electron chi connectivity index (χ2n) is 4.75. The fourth-order valence-electron chi connectivity index (χ4n) is 2.70. The molecule has 1 aromatic heterocycles. The minimum Gasteiger partial charge on any atom is -0.506 e. The van der Waals surface area contributed by atoms with Crippen LogP contribution in [0.4, 0.5) is 11.4 Å². The van der Waals surface area contributed by atoms with Crippen LogP contribution in [-0.4, -0.2) is 26.5 Å². The molecule has 3 aromatic rings. The topological polar surface area (TPSA) is 118 Å². The normalized spacial score (nSPS) is 11.4. The maximum Gasteiger partial charge on any atom is 0.141 e. The lowest BCUT2D eigenvalue weighted by molar-refractivity contribution is 0.279. The van der Waals surface area contributed by atoms with E-state index in [1.54, 1.807) is 16.7 Å². The number of aromatic hydroxyl groups is 2. The van der Waals surface area contributed by atoms with Crippen molar-refractivity contribution in [2.75, 3.05) is 18.1 Å². The Hall–Kier alpha value is -2.60. The molecule has 0 aliphatic carbocycles. The van der Waals surface area contributed by atoms with Crippen LogP contribution in [0.3, 0.4) is 0 Å². The van der Waals surface area contributed by atoms with Gasteiger partial charge in [0.1, 0.15) is 11.5 Å². The van der Waals surface area contributed by atoms with Gasteiger partial charge in [-0.2, -0.15) is 0 Å². The van der Waals surface area contributed by atoms with Gasteiger partial charge in [0.25, 0.3) is 0 Å². The summed E-state index contributed by atoms with van der Waals surface area (Å²) in [6.45, 7) is 0.126. The third kappa shape index (κ3) is 1.62. The van der Waals surface area contributed by atoms with Crippen molar-refractivity contribution < 1.29 is 15.3 Å². The highest BCUT2D eigenvalue weighted by Crippen LogP contribution is 2.40. The van der Waals surface area contributed by atoms with E-state index < -0.39 is 0 Å². The van der Waals surface area contributed by atoms with Gasteiger partial charge in [-0.25, -0.2) is 0 Å². The zero-order chi connectivity index (χ0) is 14.4. The molecule has 0 atom stereocenters. The van der Waals surface area contributed by atoms with Crippen molar-refractivity contribution in [1.82, 2.24) is 4.57 Å². The third-order valence-electron chi connectivity index (χ3n) is 3.38. The van der Waals surface area contributed by atoms with Crippen molar-refractivity contribution >= 4 is 33.2 Å². The molecule has 1 heterocycles. The summed E-state index contributed by atoms with van der Waals surface area (Å²) >= 11 is 0. The number of nitrogen functional groups attached to an aromatic ring is 2. The van der Waals surface area contributed by atoms with Crippen molar-refractivity contribution in [3.8, 4) is 11.5 Å². The van der Waals surface area contributed by atoms with Crippen LogP contribution in [0.1, 0.15) is 0 Å². The molecule has 0 aliphatic heterocycles. The molecule has 7 N–H and O–H groups in total. The number of aromatic nitrogens is 1. The van der Waals surface area contributed by atoms with Crippen molar-refractivity contribution in [1.29, 1.82) is 0 Å². The Bertz CT molecular complexity index is 758. The number of hydrogen-bond donors (Lipinski definition) is 5. The maximum absolute atomic E-state index is 10.1. The van der Waals surface area contributed by atoms with E-state index in [-0.39, 0.29) is 24.7 Å². The van der Waals surface area contributed by atoms with E-state index in [0.29, 0.717) is 33.2 Å². The van der Waals surface area contributed by atoms with E-state index in [2.05, 4.69) is 0 Å². The van der Waals surface area contributed by atoms with E-state index in [1.807, 2.05) is 0 Å². The Balaban J connectivity index is 2.59. The highest BCUT2D eigenvalue weighted by atomic mass is 16.3. The highest BCUT2D eigenvalue weighted by Gasteiger charge is 2.17. The van der Waals surface area contributed by atoms with Gasteiger partial charge in [0.2, 0.25) is 0 Å². The van der Waals surface area contributed by atoms with E-state index in [4.69, 9.17) is 11.5 Å². The fraction of sp³-hybridized carbons (Fsp3) is 0.143. The Labute approximate surface area is 114 Å². The molecule has 2 aromatic carbocycles. The first-order chi connectivity index (χ1) is 9.52. The Morgan fingerprint density at radius 1 is 0.850 bits per heavy atom. The lowest BCUT2D eigenvalue weighted by Crippen LogP contribution is -2.02. The summed E-state index contributed by atoms with van der Waals surface area (Å²) in [4.78, 5) is 0. The van der Waals surface area contributed by atoms with Gasteiger partial charge in [-0.3, -0.25) is 0 Å². The first-order valence-corrected chi connectivity index (χ1v) is 6.16. The zero-order valence-corrected chi connectivity index (χ0v) is 10.7. The molecule has 0 fully saturated rings. The maximum atomic E-state index is 10.1. The number of phenols is 2. The highest BCUT2D eigenvalue weighted by molar-refractivity contribution is 6.13. The van der Waals surface area contributed by atoms with Gasteiger partial charge in [0.05, 0.1) is 17.6 Å². The fourth-order valence-corrected chi connectivity index (χ4v) is 2.70. The third-order valence-corrected chi connectivity index (χ3v) is 3.38. The van der Waals surface area contributed by atoms with E-state index in [0.717, 1.165) is 0 Å². The van der Waals surface area contributed by atoms with Crippen LogP contribution >= 0.6 is 0 Å². The molecule has 6 heteroatoms. The van der Waals surface area contributed by atoms with Gasteiger partial charge in [-0.1, -0.05) is 0 Å². The lowest BCUT2D eigenvalue weighted by atomic mass is 10.1. The average Bonchev–Trinajstić information content (AvgIpc) is 2.64. The standard InChI is InChI=1S/C14H15N3O3/c15-7-3-9-10-4-8(16)6-12(20)14(10)17(1-2-18)13(9)11(19)5-7/h3-6,18-20H,1-2,15-16H2. The lowest BCUT2D eigenvalue weighted by Gasteiger charge is -2.07. The SMILES string of the molecule is Nc1cc(O)c2c(c1)c1cc(N)cc(O)c1n2CCO. The van der Waals surface area contributed by atoms with E-state index in [1.165, 1.54) is 12.1 Å². The summed E-state index contributed by atoms with van der Waals surface area (Å²) < 4.78 is 1.66. The largest absolute Gasteiger partial charge is 0.506 e. The number of benzene rings is 2. The van der Waals surface area contributed by atoms with Crippen LogP contribution in [0.15, 0.2) is 24.3 Å². The number of nitrogens with zero attached hydrogens (tertiary/aromatic N) is 1. The van der Waals surface area contributed by atoms with Crippen molar-refractivity contribution in [3.05, 3.63) is 24.3 Å². The molecule has 0 aliphatic rings. The number of phenolic OH excluding ortho intramolecular Hbond substituents is 2. The number of nitrogens with two attached hydrogens (primary N) is 2. The smallest absolute Gasteiger partial charge is 0.141 e. The minimum absolute atomic E-state index is 0.00243. The molecule has 0 bridgehead atoms. The van der Waals surface area contributed by atoms with Crippen molar-refractivity contribution in [2.45, 2.75) is 6.54 Å². The molecule has 104 valence electrons. The van der Waals surface area contributed by atoms with Crippen LogP contribution in [0.5, 0.6) is 11.5 Å². The molecular weight excluding hydrogens is 258 g/mol. The summed E-state index contributed by atoms with van der Waals surface area (Å²) in [6, 6.07) is 6.30. The van der Waals surface area contributed by atoms with E-state index in [9.17, 15) is 15.3 Å². The Morgan fingerprint density at radius 3 is 1.70 bits per heavy atom. The van der Waals surface area contributed by atoms with Gasteiger partial charge in [-0.05, 0) is 12.1 Å². The monoisotopic (exact) mass is 273 g/mol. The first kappa shape index (κ1) is 12.4. The van der Waals surface area contributed by atoms with Gasteiger partial charge >= 0.3 is 0 Å². The summed E-state index contributed by atoms with van der Waals surface area (Å²) in [5, 5.41) is 30.8. The van der Waals surface area contributed by atoms with Gasteiger partial charge < -0.3 is 31.4 Å². The number of rotatable bonds is 2. The molecule has 20 heavy (non-hydrogen) atoms. The second kappa shape index (κ2) is 4.21. The molecule has 0 unspecified atom stereocenters. The second-order valence-corrected chi connectivity index (χ2v) is 4.75. The number of hydrogen-bond acceptors (Lipinski definition) is 5. The van der Waals surface area contributed by atoms with E-state index >= 15 is 0 Å². The van der Waals surface area contributed by atoms with Crippen LogP contribution < -0.4 is 11.5 Å². The number of aliphatic hydroxyl groups excluding tert-OH is 1. The molecule has 6 nitrogen and oxygen atoms in total. The van der Waals surface area contributed by atoms with Gasteiger partial charge in [0, 0.05) is 40.8 Å². The quantitative estimate of drug-likeness (QED) is 0.452. The summed E-state index contributed by atoms with van der Waals surface area (Å²) in [7, 11) is 0. The summed E-state index contributed by atoms with van der Waals surface area (Å²) in [6.07, 6.45) is 0. The zero-order valence-electron chi connectivity index (χ0n) is 10.7. The molecule has 0 saturated carbocycles. The summed E-state index contributed by atoms with van der Waals surface area (Å²) in [5.41, 5.74) is 13.4. The molecular formula is C14H15N3O3. The molecule has 0 spiro atoms. The Kier molecular flexibility index (Phi) is 2.62.